The van der Waals surface area contributed by atoms with Crippen LogP contribution >= 0.6 is 0 Å². The van der Waals surface area contributed by atoms with Gasteiger partial charge in [-0.05, 0) is 38.8 Å². The minimum Gasteiger partial charge on any atom is -0.330 e. The number of nitrogens with two attached hydrogens (primary N) is 1. The minimum atomic E-state index is 0.768. The third kappa shape index (κ3) is 3.28. The first-order valence-electron chi connectivity index (χ1n) is 5.72. The maximum atomic E-state index is 5.67. The zero-order chi connectivity index (χ0) is 9.68. The van der Waals surface area contributed by atoms with Crippen molar-refractivity contribution in [3.8, 4) is 0 Å². The lowest BCUT2D eigenvalue weighted by molar-refractivity contribution is 0.235. The Bertz CT molecular complexity index is 136. The van der Waals surface area contributed by atoms with Crippen molar-refractivity contribution in [2.24, 2.45) is 11.7 Å². The van der Waals surface area contributed by atoms with Gasteiger partial charge in [-0.3, -0.25) is 0 Å². The quantitative estimate of drug-likeness (QED) is 0.706. The van der Waals surface area contributed by atoms with E-state index < -0.39 is 0 Å². The molecule has 0 bridgehead atoms. The first kappa shape index (κ1) is 11.0. The zero-order valence-electron chi connectivity index (χ0n) is 9.13. The molecule has 2 unspecified atom stereocenters. The Labute approximate surface area is 82.5 Å². The second kappa shape index (κ2) is 5.61. The van der Waals surface area contributed by atoms with E-state index in [1.807, 2.05) is 0 Å². The van der Waals surface area contributed by atoms with Crippen LogP contribution in [-0.4, -0.2) is 30.6 Å². The van der Waals surface area contributed by atoms with E-state index >= 15 is 0 Å². The number of likely N-dealkylation sites (tertiary alicyclic amines) is 1. The third-order valence-corrected chi connectivity index (χ3v) is 3.25. The van der Waals surface area contributed by atoms with Crippen LogP contribution in [0.4, 0.5) is 0 Å². The Morgan fingerprint density at radius 3 is 2.85 bits per heavy atom. The molecule has 1 saturated heterocycles. The van der Waals surface area contributed by atoms with E-state index in [0.29, 0.717) is 0 Å². The third-order valence-electron chi connectivity index (χ3n) is 3.25. The molecule has 1 aliphatic heterocycles. The van der Waals surface area contributed by atoms with Crippen molar-refractivity contribution in [3.05, 3.63) is 0 Å². The molecule has 1 heterocycles. The molecule has 0 aromatic rings. The van der Waals surface area contributed by atoms with Gasteiger partial charge in [0.15, 0.2) is 0 Å². The second-order valence-corrected chi connectivity index (χ2v) is 4.38. The van der Waals surface area contributed by atoms with Crippen LogP contribution in [0.1, 0.15) is 39.5 Å². The molecule has 0 aliphatic carbocycles. The molecular formula is C11H24N2. The molecular weight excluding hydrogens is 160 g/mol. The van der Waals surface area contributed by atoms with Crippen LogP contribution in [0, 0.1) is 5.92 Å². The largest absolute Gasteiger partial charge is 0.330 e. The van der Waals surface area contributed by atoms with Gasteiger partial charge in [0.05, 0.1) is 0 Å². The van der Waals surface area contributed by atoms with Crippen LogP contribution < -0.4 is 5.73 Å². The summed E-state index contributed by atoms with van der Waals surface area (Å²) in [4.78, 5) is 2.60. The van der Waals surface area contributed by atoms with Crippen LogP contribution in [0.25, 0.3) is 0 Å². The van der Waals surface area contributed by atoms with Gasteiger partial charge in [-0.1, -0.05) is 19.8 Å². The summed E-state index contributed by atoms with van der Waals surface area (Å²) < 4.78 is 0. The van der Waals surface area contributed by atoms with Crippen LogP contribution in [0.5, 0.6) is 0 Å². The molecule has 2 heteroatoms. The molecule has 13 heavy (non-hydrogen) atoms. The highest BCUT2D eigenvalue weighted by Gasteiger charge is 2.24. The van der Waals surface area contributed by atoms with Gasteiger partial charge in [-0.2, -0.15) is 0 Å². The maximum absolute atomic E-state index is 5.67. The molecule has 0 aromatic carbocycles. The highest BCUT2D eigenvalue weighted by atomic mass is 15.2. The first-order valence-corrected chi connectivity index (χ1v) is 5.72. The maximum Gasteiger partial charge on any atom is 0.00670 e. The molecule has 2 atom stereocenters. The average molecular weight is 184 g/mol. The zero-order valence-corrected chi connectivity index (χ0v) is 9.13. The summed E-state index contributed by atoms with van der Waals surface area (Å²) in [5.41, 5.74) is 5.67. The minimum absolute atomic E-state index is 0.768. The smallest absolute Gasteiger partial charge is 0.00670 e. The van der Waals surface area contributed by atoms with Crippen molar-refractivity contribution in [1.29, 1.82) is 0 Å². The van der Waals surface area contributed by atoms with Gasteiger partial charge in [0.25, 0.3) is 0 Å². The molecule has 78 valence electrons. The van der Waals surface area contributed by atoms with E-state index in [-0.39, 0.29) is 0 Å². The summed E-state index contributed by atoms with van der Waals surface area (Å²) in [6.45, 7) is 8.00. The lowest BCUT2D eigenvalue weighted by Crippen LogP contribution is -2.31. The van der Waals surface area contributed by atoms with Gasteiger partial charge in [-0.25, -0.2) is 0 Å². The summed E-state index contributed by atoms with van der Waals surface area (Å²) in [5, 5.41) is 0. The molecule has 2 nitrogen and oxygen atoms in total. The highest BCUT2D eigenvalue weighted by Crippen LogP contribution is 2.19. The molecule has 0 spiro atoms. The SMILES string of the molecule is CCCCC(C)N1CCC(CN)C1. The predicted octanol–water partition coefficient (Wildman–Crippen LogP) is 1.85. The molecule has 2 N–H and O–H groups in total. The summed E-state index contributed by atoms with van der Waals surface area (Å²) in [6, 6.07) is 0.775. The fraction of sp³-hybridized carbons (Fsp3) is 1.00. The second-order valence-electron chi connectivity index (χ2n) is 4.38. The lowest BCUT2D eigenvalue weighted by atomic mass is 10.1. The van der Waals surface area contributed by atoms with Crippen molar-refractivity contribution in [3.63, 3.8) is 0 Å². The number of unbranched alkanes of at least 4 members (excludes halogenated alkanes) is 1. The van der Waals surface area contributed by atoms with Crippen molar-refractivity contribution >= 4 is 0 Å². The van der Waals surface area contributed by atoms with Crippen LogP contribution in [0.15, 0.2) is 0 Å². The Hall–Kier alpha value is -0.0800. The fourth-order valence-corrected chi connectivity index (χ4v) is 2.14. The Morgan fingerprint density at radius 1 is 1.54 bits per heavy atom. The van der Waals surface area contributed by atoms with E-state index in [2.05, 4.69) is 18.7 Å². The highest BCUT2D eigenvalue weighted by molar-refractivity contribution is 4.79. The fourth-order valence-electron chi connectivity index (χ4n) is 2.14. The van der Waals surface area contributed by atoms with Crippen molar-refractivity contribution < 1.29 is 0 Å². The normalized spacial score (nSPS) is 26.5. The molecule has 0 radical (unpaired) electrons. The Morgan fingerprint density at radius 2 is 2.31 bits per heavy atom. The summed E-state index contributed by atoms with van der Waals surface area (Å²) in [7, 11) is 0. The van der Waals surface area contributed by atoms with Gasteiger partial charge in [-0.15, -0.1) is 0 Å². The van der Waals surface area contributed by atoms with Gasteiger partial charge < -0.3 is 10.6 Å². The van der Waals surface area contributed by atoms with Crippen molar-refractivity contribution in [2.75, 3.05) is 19.6 Å². The molecule has 1 aliphatic rings. The summed E-state index contributed by atoms with van der Waals surface area (Å²) >= 11 is 0. The lowest BCUT2D eigenvalue weighted by Gasteiger charge is -2.24. The number of hydrogen-bond donors (Lipinski definition) is 1. The van der Waals surface area contributed by atoms with E-state index in [1.54, 1.807) is 0 Å². The monoisotopic (exact) mass is 184 g/mol. The van der Waals surface area contributed by atoms with Crippen molar-refractivity contribution in [1.82, 2.24) is 4.90 Å². The van der Waals surface area contributed by atoms with Crippen LogP contribution in [0.2, 0.25) is 0 Å². The van der Waals surface area contributed by atoms with Gasteiger partial charge in [0, 0.05) is 12.6 Å². The predicted molar refractivity (Wildman–Crippen MR) is 57.7 cm³/mol. The van der Waals surface area contributed by atoms with E-state index in [4.69, 9.17) is 5.73 Å². The van der Waals surface area contributed by atoms with E-state index in [0.717, 1.165) is 18.5 Å². The van der Waals surface area contributed by atoms with Crippen molar-refractivity contribution in [2.45, 2.75) is 45.6 Å². The number of nitrogens with zero attached hydrogens (tertiary/aromatic N) is 1. The average Bonchev–Trinajstić information content (AvgIpc) is 2.62. The van der Waals surface area contributed by atoms with Gasteiger partial charge >= 0.3 is 0 Å². The Kier molecular flexibility index (Phi) is 4.74. The molecule has 1 rings (SSSR count). The summed E-state index contributed by atoms with van der Waals surface area (Å²) in [5.74, 6) is 0.768. The number of hydrogen-bond acceptors (Lipinski definition) is 2. The van der Waals surface area contributed by atoms with E-state index in [9.17, 15) is 0 Å². The van der Waals surface area contributed by atoms with Gasteiger partial charge in [0.1, 0.15) is 0 Å². The Balaban J connectivity index is 2.20. The van der Waals surface area contributed by atoms with Crippen LogP contribution in [0.3, 0.4) is 0 Å². The summed E-state index contributed by atoms with van der Waals surface area (Å²) in [6.07, 6.45) is 5.35. The molecule has 0 aromatic heterocycles. The molecule has 0 saturated carbocycles. The standard InChI is InChI=1S/C11H24N2/c1-3-4-5-10(2)13-7-6-11(8-12)9-13/h10-11H,3-9,12H2,1-2H3. The van der Waals surface area contributed by atoms with Gasteiger partial charge in [0.2, 0.25) is 0 Å². The van der Waals surface area contributed by atoms with Crippen LogP contribution in [-0.2, 0) is 0 Å². The number of rotatable bonds is 5. The first-order chi connectivity index (χ1) is 6.27. The molecule has 0 amide bonds. The topological polar surface area (TPSA) is 29.3 Å². The molecule has 1 fully saturated rings. The van der Waals surface area contributed by atoms with E-state index in [1.165, 1.54) is 38.8 Å².